The molecule has 0 radical (unpaired) electrons. The molecule has 2 rings (SSSR count). The first-order valence-electron chi connectivity index (χ1n) is 7.74. The summed E-state index contributed by atoms with van der Waals surface area (Å²) in [6.07, 6.45) is 6.60. The van der Waals surface area contributed by atoms with Gasteiger partial charge in [-0.25, -0.2) is 4.79 Å². The first-order valence-corrected chi connectivity index (χ1v) is 8.53. The van der Waals surface area contributed by atoms with Gasteiger partial charge in [-0.1, -0.05) is 48.0 Å². The van der Waals surface area contributed by atoms with Gasteiger partial charge in [0.05, 0.1) is 7.11 Å². The van der Waals surface area contributed by atoms with E-state index in [0.29, 0.717) is 17.9 Å². The fraction of sp³-hybridized carbons (Fsp3) is 0.529. The van der Waals surface area contributed by atoms with Gasteiger partial charge in [-0.05, 0) is 36.6 Å². The van der Waals surface area contributed by atoms with E-state index in [1.165, 1.54) is 26.4 Å². The van der Waals surface area contributed by atoms with Crippen molar-refractivity contribution in [3.05, 3.63) is 34.3 Å². The molecule has 1 amide bonds. The average molecular weight is 368 g/mol. The van der Waals surface area contributed by atoms with Crippen molar-refractivity contribution in [3.63, 3.8) is 0 Å². The lowest BCUT2D eigenvalue weighted by Crippen LogP contribution is -2.43. The predicted octanol–water partition coefficient (Wildman–Crippen LogP) is 3.69. The number of hydrogen-bond acceptors (Lipinski definition) is 3. The third kappa shape index (κ3) is 4.83. The van der Waals surface area contributed by atoms with Crippen molar-refractivity contribution in [2.75, 3.05) is 7.11 Å². The second-order valence-corrected chi connectivity index (χ2v) is 6.71. The lowest BCUT2D eigenvalue weighted by Gasteiger charge is -2.25. The van der Waals surface area contributed by atoms with E-state index in [4.69, 9.17) is 4.74 Å². The molecule has 0 heterocycles. The lowest BCUT2D eigenvalue weighted by molar-refractivity contribution is -0.143. The molecule has 1 aliphatic rings. The van der Waals surface area contributed by atoms with Gasteiger partial charge in [0.1, 0.15) is 6.04 Å². The van der Waals surface area contributed by atoms with Crippen molar-refractivity contribution in [3.8, 4) is 0 Å². The summed E-state index contributed by atoms with van der Waals surface area (Å²) in [4.78, 5) is 24.3. The van der Waals surface area contributed by atoms with Gasteiger partial charge in [0.2, 0.25) is 0 Å². The molecule has 120 valence electrons. The number of halogens is 1. The quantitative estimate of drug-likeness (QED) is 0.807. The molecule has 1 aromatic rings. The van der Waals surface area contributed by atoms with Crippen molar-refractivity contribution < 1.29 is 14.3 Å². The number of amides is 1. The van der Waals surface area contributed by atoms with Crippen molar-refractivity contribution >= 4 is 27.8 Å². The highest BCUT2D eigenvalue weighted by Crippen LogP contribution is 2.27. The highest BCUT2D eigenvalue weighted by Gasteiger charge is 2.26. The zero-order chi connectivity index (χ0) is 15.9. The fourth-order valence-corrected chi connectivity index (χ4v) is 3.22. The number of nitrogens with one attached hydrogen (secondary N) is 1. The summed E-state index contributed by atoms with van der Waals surface area (Å²) in [7, 11) is 1.36. The molecule has 1 N–H and O–H groups in total. The van der Waals surface area contributed by atoms with E-state index in [1.807, 2.05) is 12.1 Å². The topological polar surface area (TPSA) is 55.4 Å². The molecule has 0 aromatic heterocycles. The van der Waals surface area contributed by atoms with Gasteiger partial charge in [-0.3, -0.25) is 4.79 Å². The van der Waals surface area contributed by atoms with Gasteiger partial charge in [-0.15, -0.1) is 0 Å². The maximum Gasteiger partial charge on any atom is 0.328 e. The van der Waals surface area contributed by atoms with Crippen LogP contribution < -0.4 is 5.32 Å². The van der Waals surface area contributed by atoms with E-state index >= 15 is 0 Å². The Labute approximate surface area is 139 Å². The third-order valence-corrected chi connectivity index (χ3v) is 4.72. The molecule has 0 saturated heterocycles. The average Bonchev–Trinajstić information content (AvgIpc) is 2.55. The monoisotopic (exact) mass is 367 g/mol. The molecule has 0 unspecified atom stereocenters. The number of carbonyl (C=O) groups excluding carboxylic acids is 2. The van der Waals surface area contributed by atoms with Crippen molar-refractivity contribution in [1.29, 1.82) is 0 Å². The van der Waals surface area contributed by atoms with Crippen molar-refractivity contribution in [1.82, 2.24) is 5.32 Å². The Kier molecular flexibility index (Phi) is 6.43. The molecule has 1 aromatic carbocycles. The molecule has 1 saturated carbocycles. The molecule has 22 heavy (non-hydrogen) atoms. The summed E-state index contributed by atoms with van der Waals surface area (Å²) in [6, 6.07) is 6.51. The molecule has 4 nitrogen and oxygen atoms in total. The number of hydrogen-bond donors (Lipinski definition) is 1. The Morgan fingerprint density at radius 2 is 1.86 bits per heavy atom. The largest absolute Gasteiger partial charge is 0.467 e. The van der Waals surface area contributed by atoms with Crippen LogP contribution in [-0.4, -0.2) is 25.0 Å². The molecule has 0 aliphatic heterocycles. The van der Waals surface area contributed by atoms with Gasteiger partial charge >= 0.3 is 5.97 Å². The summed E-state index contributed by atoms with van der Waals surface area (Å²) in [6.45, 7) is 0. The van der Waals surface area contributed by atoms with Crippen molar-refractivity contribution in [2.24, 2.45) is 5.92 Å². The van der Waals surface area contributed by atoms with Gasteiger partial charge in [0, 0.05) is 10.0 Å². The van der Waals surface area contributed by atoms with Crippen LogP contribution in [0.3, 0.4) is 0 Å². The van der Waals surface area contributed by atoms with E-state index in [2.05, 4.69) is 21.2 Å². The molecule has 1 atom stereocenters. The second kappa shape index (κ2) is 8.32. The summed E-state index contributed by atoms with van der Waals surface area (Å²) in [5.41, 5.74) is 0.542. The Bertz CT molecular complexity index is 509. The van der Waals surface area contributed by atoms with Gasteiger partial charge < -0.3 is 10.1 Å². The molecule has 0 bridgehead atoms. The number of methoxy groups -OCH3 is 1. The smallest absolute Gasteiger partial charge is 0.328 e. The molecule has 1 aliphatic carbocycles. The minimum atomic E-state index is -0.566. The number of carbonyl (C=O) groups is 2. The first kappa shape index (κ1) is 17.0. The first-order chi connectivity index (χ1) is 10.6. The van der Waals surface area contributed by atoms with Crippen molar-refractivity contribution in [2.45, 2.75) is 44.6 Å². The zero-order valence-corrected chi connectivity index (χ0v) is 14.4. The Morgan fingerprint density at radius 3 is 2.45 bits per heavy atom. The molecular weight excluding hydrogens is 346 g/mol. The van der Waals surface area contributed by atoms with E-state index in [-0.39, 0.29) is 11.9 Å². The van der Waals surface area contributed by atoms with E-state index in [9.17, 15) is 9.59 Å². The zero-order valence-electron chi connectivity index (χ0n) is 12.8. The molecular formula is C17H22BrNO3. The number of ether oxygens (including phenoxy) is 1. The van der Waals surface area contributed by atoms with E-state index in [0.717, 1.165) is 17.3 Å². The standard InChI is InChI=1S/C17H22BrNO3/c1-22-17(21)15(11-12-5-3-2-4-6-12)19-16(20)13-7-9-14(18)10-8-13/h7-10,12,15H,2-6,11H2,1H3,(H,19,20)/t15-/m1/s1. The summed E-state index contributed by atoms with van der Waals surface area (Å²) < 4.78 is 5.76. The van der Waals surface area contributed by atoms with E-state index < -0.39 is 6.04 Å². The van der Waals surface area contributed by atoms with Crippen LogP contribution >= 0.6 is 15.9 Å². The molecule has 1 fully saturated rings. The number of esters is 1. The normalized spacial score (nSPS) is 16.8. The fourth-order valence-electron chi connectivity index (χ4n) is 2.96. The van der Waals surface area contributed by atoms with Crippen LogP contribution in [0.1, 0.15) is 48.9 Å². The van der Waals surface area contributed by atoms with Crippen LogP contribution in [-0.2, 0) is 9.53 Å². The van der Waals surface area contributed by atoms with Crippen LogP contribution in [0.15, 0.2) is 28.7 Å². The van der Waals surface area contributed by atoms with Gasteiger partial charge in [-0.2, -0.15) is 0 Å². The van der Waals surface area contributed by atoms with E-state index in [1.54, 1.807) is 12.1 Å². The Morgan fingerprint density at radius 1 is 1.23 bits per heavy atom. The third-order valence-electron chi connectivity index (χ3n) is 4.19. The number of rotatable bonds is 5. The maximum absolute atomic E-state index is 12.3. The molecule has 5 heteroatoms. The van der Waals surface area contributed by atoms with Gasteiger partial charge in [0.25, 0.3) is 5.91 Å². The molecule has 0 spiro atoms. The summed E-state index contributed by atoms with van der Waals surface area (Å²) in [5, 5.41) is 2.82. The minimum absolute atomic E-state index is 0.237. The highest BCUT2D eigenvalue weighted by molar-refractivity contribution is 9.10. The van der Waals surface area contributed by atoms with Gasteiger partial charge in [0.15, 0.2) is 0 Å². The Balaban J connectivity index is 2.00. The van der Waals surface area contributed by atoms with Crippen LogP contribution in [0.4, 0.5) is 0 Å². The highest BCUT2D eigenvalue weighted by atomic mass is 79.9. The lowest BCUT2D eigenvalue weighted by atomic mass is 9.85. The predicted molar refractivity (Wildman–Crippen MR) is 88.6 cm³/mol. The second-order valence-electron chi connectivity index (χ2n) is 5.80. The summed E-state index contributed by atoms with van der Waals surface area (Å²) in [5.74, 6) is -0.113. The maximum atomic E-state index is 12.3. The van der Waals surface area contributed by atoms with Crippen LogP contribution in [0.25, 0.3) is 0 Å². The van der Waals surface area contributed by atoms with Crippen LogP contribution in [0.2, 0.25) is 0 Å². The summed E-state index contributed by atoms with van der Waals surface area (Å²) >= 11 is 3.34. The van der Waals surface area contributed by atoms with Crippen LogP contribution in [0, 0.1) is 5.92 Å². The SMILES string of the molecule is COC(=O)[C@@H](CC1CCCCC1)NC(=O)c1ccc(Br)cc1. The Hall–Kier alpha value is -1.36. The van der Waals surface area contributed by atoms with Crippen LogP contribution in [0.5, 0.6) is 0 Å². The minimum Gasteiger partial charge on any atom is -0.467 e. The number of benzene rings is 1.